The summed E-state index contributed by atoms with van der Waals surface area (Å²) in [7, 11) is 0. The van der Waals surface area contributed by atoms with E-state index in [9.17, 15) is 0 Å². The summed E-state index contributed by atoms with van der Waals surface area (Å²) >= 11 is 1.42. The van der Waals surface area contributed by atoms with Crippen molar-refractivity contribution in [3.05, 3.63) is 36.6 Å². The molecule has 20 heavy (non-hydrogen) atoms. The van der Waals surface area contributed by atoms with E-state index >= 15 is 0 Å². The van der Waals surface area contributed by atoms with Gasteiger partial charge in [-0.1, -0.05) is 16.5 Å². The van der Waals surface area contributed by atoms with Crippen LogP contribution in [0.4, 0.5) is 5.13 Å². The fourth-order valence-corrected chi connectivity index (χ4v) is 2.70. The van der Waals surface area contributed by atoms with Gasteiger partial charge in [0.15, 0.2) is 10.9 Å². The zero-order valence-corrected chi connectivity index (χ0v) is 10.9. The average Bonchev–Trinajstić information content (AvgIpc) is 3.17. The summed E-state index contributed by atoms with van der Waals surface area (Å²) in [6, 6.07) is 9.25. The van der Waals surface area contributed by atoms with E-state index in [1.165, 1.54) is 11.3 Å². The van der Waals surface area contributed by atoms with Crippen LogP contribution in [-0.2, 0) is 0 Å². The molecular weight excluding hydrogens is 276 g/mol. The Labute approximate surface area is 116 Å². The van der Waals surface area contributed by atoms with Crippen LogP contribution < -0.4 is 5.73 Å². The van der Waals surface area contributed by atoms with Crippen molar-refractivity contribution in [1.82, 2.24) is 15.1 Å². The lowest BCUT2D eigenvalue weighted by Crippen LogP contribution is -1.80. The molecule has 0 saturated heterocycles. The van der Waals surface area contributed by atoms with Crippen molar-refractivity contribution < 1.29 is 8.94 Å². The van der Waals surface area contributed by atoms with E-state index < -0.39 is 0 Å². The molecule has 0 aliphatic heterocycles. The summed E-state index contributed by atoms with van der Waals surface area (Å²) in [6.07, 6.45) is 1.57. The molecule has 3 aromatic heterocycles. The Hall–Kier alpha value is -2.67. The lowest BCUT2D eigenvalue weighted by Gasteiger charge is -1.93. The van der Waals surface area contributed by atoms with Crippen molar-refractivity contribution in [2.45, 2.75) is 0 Å². The molecule has 0 aliphatic rings. The Morgan fingerprint density at radius 1 is 1.15 bits per heavy atom. The first-order valence-corrected chi connectivity index (χ1v) is 6.65. The van der Waals surface area contributed by atoms with Crippen molar-refractivity contribution >= 4 is 26.7 Å². The average molecular weight is 284 g/mol. The Bertz CT molecular complexity index is 879. The Balaban J connectivity index is 1.78. The Morgan fingerprint density at radius 3 is 2.95 bits per heavy atom. The molecular formula is C13H8N4O2S. The SMILES string of the molecule is Nc1nc2ccc(-c3nc(-c4ccco4)no3)cc2s1. The molecule has 4 aromatic rings. The number of nitrogens with zero attached hydrogens (tertiary/aromatic N) is 3. The standard InChI is InChI=1S/C13H8N4O2S/c14-13-15-8-4-3-7(6-10(8)20-13)12-16-11(17-19-12)9-2-1-5-18-9/h1-6H,(H2,14,15). The van der Waals surface area contributed by atoms with Crippen LogP contribution >= 0.6 is 11.3 Å². The highest BCUT2D eigenvalue weighted by Gasteiger charge is 2.13. The number of fused-ring (bicyclic) bond motifs is 1. The second-order valence-corrected chi connectivity index (χ2v) is 5.20. The molecule has 2 N–H and O–H groups in total. The number of hydrogen-bond acceptors (Lipinski definition) is 7. The number of nitrogen functional groups attached to an aromatic ring is 1. The summed E-state index contributed by atoms with van der Waals surface area (Å²) in [5.41, 5.74) is 7.38. The maximum absolute atomic E-state index is 5.69. The Morgan fingerprint density at radius 2 is 2.10 bits per heavy atom. The predicted molar refractivity (Wildman–Crippen MR) is 75.0 cm³/mol. The molecule has 3 heterocycles. The highest BCUT2D eigenvalue weighted by Crippen LogP contribution is 2.29. The molecule has 4 rings (SSSR count). The summed E-state index contributed by atoms with van der Waals surface area (Å²) < 4.78 is 11.5. The number of aromatic nitrogens is 3. The molecule has 98 valence electrons. The Kier molecular flexibility index (Phi) is 2.33. The summed E-state index contributed by atoms with van der Waals surface area (Å²) in [4.78, 5) is 8.53. The van der Waals surface area contributed by atoms with Crippen molar-refractivity contribution in [2.24, 2.45) is 0 Å². The molecule has 0 spiro atoms. The van der Waals surface area contributed by atoms with Crippen LogP contribution in [-0.4, -0.2) is 15.1 Å². The normalized spacial score (nSPS) is 11.2. The first kappa shape index (κ1) is 11.2. The molecule has 0 saturated carbocycles. The number of hydrogen-bond donors (Lipinski definition) is 1. The molecule has 0 bridgehead atoms. The van der Waals surface area contributed by atoms with Gasteiger partial charge in [-0.3, -0.25) is 0 Å². The lowest BCUT2D eigenvalue weighted by atomic mass is 10.2. The highest BCUT2D eigenvalue weighted by atomic mass is 32.1. The van der Waals surface area contributed by atoms with Crippen LogP contribution in [0, 0.1) is 0 Å². The van der Waals surface area contributed by atoms with Gasteiger partial charge in [0, 0.05) is 5.56 Å². The van der Waals surface area contributed by atoms with E-state index in [-0.39, 0.29) is 0 Å². The highest BCUT2D eigenvalue weighted by molar-refractivity contribution is 7.22. The van der Waals surface area contributed by atoms with Gasteiger partial charge in [0.1, 0.15) is 0 Å². The van der Waals surface area contributed by atoms with Crippen LogP contribution in [0.1, 0.15) is 0 Å². The minimum atomic E-state index is 0.425. The number of furan rings is 1. The van der Waals surface area contributed by atoms with Crippen LogP contribution in [0.2, 0.25) is 0 Å². The minimum Gasteiger partial charge on any atom is -0.461 e. The van der Waals surface area contributed by atoms with E-state index in [2.05, 4.69) is 15.1 Å². The van der Waals surface area contributed by atoms with Crippen LogP contribution in [0.25, 0.3) is 33.3 Å². The number of anilines is 1. The van der Waals surface area contributed by atoms with Gasteiger partial charge in [-0.25, -0.2) is 4.98 Å². The molecule has 0 unspecified atom stereocenters. The topological polar surface area (TPSA) is 91.0 Å². The van der Waals surface area contributed by atoms with E-state index in [4.69, 9.17) is 14.7 Å². The van der Waals surface area contributed by atoms with Gasteiger partial charge in [-0.05, 0) is 30.3 Å². The van der Waals surface area contributed by atoms with Crippen molar-refractivity contribution in [3.8, 4) is 23.0 Å². The number of rotatable bonds is 2. The summed E-state index contributed by atoms with van der Waals surface area (Å²) in [6.45, 7) is 0. The monoisotopic (exact) mass is 284 g/mol. The van der Waals surface area contributed by atoms with Gasteiger partial charge in [-0.15, -0.1) is 0 Å². The number of nitrogens with two attached hydrogens (primary N) is 1. The fraction of sp³-hybridized carbons (Fsp3) is 0. The second-order valence-electron chi connectivity index (χ2n) is 4.14. The van der Waals surface area contributed by atoms with Gasteiger partial charge in [0.25, 0.3) is 5.89 Å². The fourth-order valence-electron chi connectivity index (χ4n) is 1.92. The van der Waals surface area contributed by atoms with Gasteiger partial charge in [0.2, 0.25) is 5.82 Å². The smallest absolute Gasteiger partial charge is 0.258 e. The maximum Gasteiger partial charge on any atom is 0.258 e. The third-order valence-corrected chi connectivity index (χ3v) is 3.67. The zero-order valence-electron chi connectivity index (χ0n) is 10.1. The van der Waals surface area contributed by atoms with Gasteiger partial charge >= 0.3 is 0 Å². The first-order chi connectivity index (χ1) is 9.79. The van der Waals surface area contributed by atoms with Crippen molar-refractivity contribution in [3.63, 3.8) is 0 Å². The third kappa shape index (κ3) is 1.76. The molecule has 0 amide bonds. The van der Waals surface area contributed by atoms with Crippen LogP contribution in [0.15, 0.2) is 45.5 Å². The summed E-state index contributed by atoms with van der Waals surface area (Å²) in [5, 5.41) is 4.44. The van der Waals surface area contributed by atoms with Crippen LogP contribution in [0.5, 0.6) is 0 Å². The summed E-state index contributed by atoms with van der Waals surface area (Å²) in [5.74, 6) is 1.43. The number of benzene rings is 1. The van der Waals surface area contributed by atoms with Crippen molar-refractivity contribution in [1.29, 1.82) is 0 Å². The molecule has 6 nitrogen and oxygen atoms in total. The third-order valence-electron chi connectivity index (χ3n) is 2.82. The molecule has 7 heteroatoms. The second kappa shape index (κ2) is 4.17. The predicted octanol–water partition coefficient (Wildman–Crippen LogP) is 3.19. The van der Waals surface area contributed by atoms with E-state index in [0.717, 1.165) is 15.8 Å². The molecule has 1 aromatic carbocycles. The molecule has 0 fully saturated rings. The quantitative estimate of drug-likeness (QED) is 0.608. The molecule has 0 radical (unpaired) electrons. The van der Waals surface area contributed by atoms with Gasteiger partial charge in [0.05, 0.1) is 16.5 Å². The molecule has 0 aliphatic carbocycles. The number of thiazole rings is 1. The van der Waals surface area contributed by atoms with E-state index in [1.54, 1.807) is 18.4 Å². The van der Waals surface area contributed by atoms with E-state index in [1.807, 2.05) is 18.2 Å². The largest absolute Gasteiger partial charge is 0.461 e. The minimum absolute atomic E-state index is 0.425. The van der Waals surface area contributed by atoms with Crippen molar-refractivity contribution in [2.75, 3.05) is 5.73 Å². The zero-order chi connectivity index (χ0) is 13.5. The van der Waals surface area contributed by atoms with Crippen LogP contribution in [0.3, 0.4) is 0 Å². The molecule has 0 atom stereocenters. The van der Waals surface area contributed by atoms with E-state index in [0.29, 0.717) is 22.6 Å². The lowest BCUT2D eigenvalue weighted by molar-refractivity contribution is 0.429. The first-order valence-electron chi connectivity index (χ1n) is 5.83. The maximum atomic E-state index is 5.69. The van der Waals surface area contributed by atoms with Gasteiger partial charge in [-0.2, -0.15) is 4.98 Å². The van der Waals surface area contributed by atoms with Gasteiger partial charge < -0.3 is 14.7 Å².